The molecule has 0 saturated carbocycles. The molecular formula is C32H32F5N5O2. The highest BCUT2D eigenvalue weighted by molar-refractivity contribution is 5.50. The van der Waals surface area contributed by atoms with Gasteiger partial charge in [-0.25, -0.2) is 13.6 Å². The summed E-state index contributed by atoms with van der Waals surface area (Å²) in [5.41, 5.74) is 5.27. The Labute approximate surface area is 250 Å². The van der Waals surface area contributed by atoms with E-state index in [1.807, 2.05) is 11.0 Å². The molecule has 1 fully saturated rings. The van der Waals surface area contributed by atoms with Gasteiger partial charge in [0.1, 0.15) is 17.3 Å². The molecule has 4 aromatic rings. The first-order valence-electron chi connectivity index (χ1n) is 14.2. The van der Waals surface area contributed by atoms with Crippen LogP contribution in [0, 0.1) is 18.6 Å². The van der Waals surface area contributed by atoms with Gasteiger partial charge in [0, 0.05) is 50.0 Å². The van der Waals surface area contributed by atoms with Crippen LogP contribution in [0.5, 0.6) is 0 Å². The normalized spacial score (nSPS) is 15.0. The fourth-order valence-corrected chi connectivity index (χ4v) is 5.65. The van der Waals surface area contributed by atoms with Gasteiger partial charge in [-0.15, -0.1) is 0 Å². The lowest BCUT2D eigenvalue weighted by molar-refractivity contribution is -0.138. The number of alkyl halides is 3. The van der Waals surface area contributed by atoms with Gasteiger partial charge < -0.3 is 10.6 Å². The van der Waals surface area contributed by atoms with Gasteiger partial charge in [0.25, 0.3) is 5.56 Å². The number of halogens is 5. The second-order valence-corrected chi connectivity index (χ2v) is 10.9. The Balaban J connectivity index is 1.48. The average molecular weight is 614 g/mol. The van der Waals surface area contributed by atoms with Crippen molar-refractivity contribution in [2.75, 3.05) is 31.1 Å². The van der Waals surface area contributed by atoms with Gasteiger partial charge in [-0.3, -0.25) is 18.8 Å². The monoisotopic (exact) mass is 613 g/mol. The molecule has 0 bridgehead atoms. The zero-order chi connectivity index (χ0) is 31.6. The lowest BCUT2D eigenvalue weighted by atomic mass is 10.1. The predicted octanol–water partition coefficient (Wildman–Crippen LogP) is 4.69. The van der Waals surface area contributed by atoms with Crippen molar-refractivity contribution in [2.24, 2.45) is 5.73 Å². The highest BCUT2D eigenvalue weighted by atomic mass is 19.4. The first-order valence-corrected chi connectivity index (χ1v) is 14.2. The first-order chi connectivity index (χ1) is 21.0. The molecule has 0 spiro atoms. The van der Waals surface area contributed by atoms with E-state index in [0.717, 1.165) is 22.8 Å². The smallest absolute Gasteiger partial charge is 0.363 e. The SMILES string of the molecule is Cc1c(N2CCN(Cc3ccccc3C(F)(F)F)CC2)c(=O)n(C[C@@H](N)c2ccccc2)c(=O)n1Cc1c(F)cccc1F. The van der Waals surface area contributed by atoms with Crippen molar-refractivity contribution in [1.82, 2.24) is 14.0 Å². The van der Waals surface area contributed by atoms with Crippen LogP contribution in [0.3, 0.4) is 0 Å². The third-order valence-corrected chi connectivity index (χ3v) is 8.05. The number of nitrogens with two attached hydrogens (primary N) is 1. The average Bonchev–Trinajstić information content (AvgIpc) is 3.00. The predicted molar refractivity (Wildman–Crippen MR) is 157 cm³/mol. The van der Waals surface area contributed by atoms with E-state index < -0.39 is 47.2 Å². The van der Waals surface area contributed by atoms with E-state index in [9.17, 15) is 31.5 Å². The van der Waals surface area contributed by atoms with Crippen molar-refractivity contribution in [3.05, 3.63) is 133 Å². The maximum Gasteiger partial charge on any atom is 0.416 e. The molecule has 12 heteroatoms. The molecular weight excluding hydrogens is 581 g/mol. The second-order valence-electron chi connectivity index (χ2n) is 10.9. The minimum Gasteiger partial charge on any atom is -0.363 e. The number of rotatable bonds is 8. The number of hydrogen-bond acceptors (Lipinski definition) is 5. The Morgan fingerprint density at radius 1 is 0.795 bits per heavy atom. The number of benzene rings is 3. The van der Waals surface area contributed by atoms with Crippen LogP contribution >= 0.6 is 0 Å². The van der Waals surface area contributed by atoms with E-state index in [4.69, 9.17) is 5.73 Å². The molecule has 232 valence electrons. The number of piperazine rings is 1. The van der Waals surface area contributed by atoms with Crippen LogP contribution in [0.25, 0.3) is 0 Å². The topological polar surface area (TPSA) is 76.5 Å². The van der Waals surface area contributed by atoms with Crippen LogP contribution in [0.1, 0.15) is 34.0 Å². The highest BCUT2D eigenvalue weighted by Gasteiger charge is 2.34. The van der Waals surface area contributed by atoms with Gasteiger partial charge in [0.05, 0.1) is 18.7 Å². The van der Waals surface area contributed by atoms with E-state index in [2.05, 4.69) is 0 Å². The van der Waals surface area contributed by atoms with Gasteiger partial charge in [-0.05, 0) is 36.2 Å². The second kappa shape index (κ2) is 12.7. The standard InChI is InChI=1S/C32H32F5N5O2/c1-21-29(40-16-14-39(15-17-40)18-23-10-5-6-11-25(23)32(35,36)37)30(43)42(20-28(38)22-8-3-2-4-9-22)31(44)41(21)19-24-26(33)12-7-13-27(24)34/h2-13,28H,14-20,38H2,1H3/t28-/m1/s1. The molecule has 1 atom stereocenters. The zero-order valence-corrected chi connectivity index (χ0v) is 24.0. The number of anilines is 1. The van der Waals surface area contributed by atoms with E-state index in [-0.39, 0.29) is 48.7 Å². The molecule has 0 unspecified atom stereocenters. The molecule has 1 saturated heterocycles. The lowest BCUT2D eigenvalue weighted by Gasteiger charge is -2.37. The van der Waals surface area contributed by atoms with Crippen LogP contribution in [0.15, 0.2) is 82.4 Å². The Morgan fingerprint density at radius 2 is 1.41 bits per heavy atom. The molecule has 1 aliphatic rings. The summed E-state index contributed by atoms with van der Waals surface area (Å²) in [6.07, 6.45) is -4.48. The van der Waals surface area contributed by atoms with Gasteiger partial charge in [-0.2, -0.15) is 13.2 Å². The van der Waals surface area contributed by atoms with E-state index >= 15 is 0 Å². The maximum absolute atomic E-state index is 14.7. The molecule has 7 nitrogen and oxygen atoms in total. The Kier molecular flexibility index (Phi) is 9.02. The third-order valence-electron chi connectivity index (χ3n) is 8.05. The minimum absolute atomic E-state index is 0.0741. The molecule has 0 amide bonds. The summed E-state index contributed by atoms with van der Waals surface area (Å²) in [6.45, 7) is 2.23. The molecule has 3 aromatic carbocycles. The van der Waals surface area contributed by atoms with Crippen LogP contribution in [-0.2, 0) is 25.8 Å². The van der Waals surface area contributed by atoms with Crippen molar-refractivity contribution in [2.45, 2.75) is 38.8 Å². The Hall–Kier alpha value is -4.29. The summed E-state index contributed by atoms with van der Waals surface area (Å²) in [4.78, 5) is 31.3. The van der Waals surface area contributed by atoms with Crippen LogP contribution in [0.2, 0.25) is 0 Å². The largest absolute Gasteiger partial charge is 0.416 e. The quantitative estimate of drug-likeness (QED) is 0.292. The van der Waals surface area contributed by atoms with Crippen LogP contribution < -0.4 is 21.9 Å². The summed E-state index contributed by atoms with van der Waals surface area (Å²) >= 11 is 0. The van der Waals surface area contributed by atoms with Gasteiger partial charge in [0.15, 0.2) is 0 Å². The summed E-state index contributed by atoms with van der Waals surface area (Å²) in [7, 11) is 0. The number of aromatic nitrogens is 2. The van der Waals surface area contributed by atoms with Crippen LogP contribution in [-0.4, -0.2) is 40.2 Å². The van der Waals surface area contributed by atoms with E-state index in [0.29, 0.717) is 18.7 Å². The maximum atomic E-state index is 14.7. The fraction of sp³-hybridized carbons (Fsp3) is 0.312. The van der Waals surface area contributed by atoms with Crippen molar-refractivity contribution < 1.29 is 22.0 Å². The van der Waals surface area contributed by atoms with Crippen molar-refractivity contribution in [3.63, 3.8) is 0 Å². The lowest BCUT2D eigenvalue weighted by Crippen LogP contribution is -2.51. The first kappa shape index (κ1) is 31.1. The molecule has 1 aliphatic heterocycles. The Morgan fingerprint density at radius 3 is 2.05 bits per heavy atom. The van der Waals surface area contributed by atoms with Gasteiger partial charge in [-0.1, -0.05) is 54.6 Å². The Bertz CT molecular complexity index is 1720. The summed E-state index contributed by atoms with van der Waals surface area (Å²) in [5.74, 6) is -1.66. The number of hydrogen-bond donors (Lipinski definition) is 1. The van der Waals surface area contributed by atoms with E-state index in [1.165, 1.54) is 22.8 Å². The molecule has 2 N–H and O–H groups in total. The molecule has 1 aromatic heterocycles. The third kappa shape index (κ3) is 6.46. The summed E-state index contributed by atoms with van der Waals surface area (Å²) in [6, 6.07) is 17.0. The summed E-state index contributed by atoms with van der Waals surface area (Å²) in [5, 5.41) is 0. The van der Waals surface area contributed by atoms with Crippen molar-refractivity contribution in [1.29, 1.82) is 0 Å². The molecule has 44 heavy (non-hydrogen) atoms. The highest BCUT2D eigenvalue weighted by Crippen LogP contribution is 2.32. The molecule has 0 aliphatic carbocycles. The number of nitrogens with zero attached hydrogens (tertiary/aromatic N) is 4. The van der Waals surface area contributed by atoms with Gasteiger partial charge in [0.2, 0.25) is 0 Å². The molecule has 0 radical (unpaired) electrons. The molecule has 2 heterocycles. The van der Waals surface area contributed by atoms with Crippen LogP contribution in [0.4, 0.5) is 27.6 Å². The fourth-order valence-electron chi connectivity index (χ4n) is 5.65. The minimum atomic E-state index is -4.48. The molecule has 5 rings (SSSR count). The zero-order valence-electron chi connectivity index (χ0n) is 24.0. The summed E-state index contributed by atoms with van der Waals surface area (Å²) < 4.78 is 72.1. The van der Waals surface area contributed by atoms with Crippen molar-refractivity contribution >= 4 is 5.69 Å². The van der Waals surface area contributed by atoms with Gasteiger partial charge >= 0.3 is 11.9 Å². The van der Waals surface area contributed by atoms with Crippen molar-refractivity contribution in [3.8, 4) is 0 Å². The van der Waals surface area contributed by atoms with E-state index in [1.54, 1.807) is 42.2 Å².